The molecule has 0 unspecified atom stereocenters. The highest BCUT2D eigenvalue weighted by Gasteiger charge is 2.24. The Morgan fingerprint density at radius 3 is 2.64 bits per heavy atom. The number of carbonyl (C=O) groups excluding carboxylic acids is 2. The predicted molar refractivity (Wildman–Crippen MR) is 86.1 cm³/mol. The van der Waals surface area contributed by atoms with Crippen molar-refractivity contribution in [1.82, 2.24) is 9.88 Å². The van der Waals surface area contributed by atoms with Crippen LogP contribution in [0.1, 0.15) is 29.3 Å². The zero-order chi connectivity index (χ0) is 16.1. The fourth-order valence-corrected chi connectivity index (χ4v) is 3.38. The van der Waals surface area contributed by atoms with Gasteiger partial charge in [-0.15, -0.1) is 11.3 Å². The highest BCUT2D eigenvalue weighted by atomic mass is 32.2. The molecular formula is C14H16N2O4S2. The molecule has 2 heterocycles. The summed E-state index contributed by atoms with van der Waals surface area (Å²) >= 11 is 2.76. The van der Waals surface area contributed by atoms with E-state index in [1.54, 1.807) is 36.6 Å². The van der Waals surface area contributed by atoms with Gasteiger partial charge in [-0.1, -0.05) is 11.8 Å². The van der Waals surface area contributed by atoms with E-state index in [2.05, 4.69) is 4.98 Å². The third-order valence-electron chi connectivity index (χ3n) is 2.72. The molecule has 0 fully saturated rings. The molecule has 1 aromatic rings. The number of carbonyl (C=O) groups is 2. The van der Waals surface area contributed by atoms with E-state index in [9.17, 15) is 9.59 Å². The third-order valence-corrected chi connectivity index (χ3v) is 4.49. The number of hydrogen-bond acceptors (Lipinski definition) is 8. The highest BCUT2D eigenvalue weighted by molar-refractivity contribution is 8.06. The summed E-state index contributed by atoms with van der Waals surface area (Å²) in [5.74, 6) is -0.784. The Labute approximate surface area is 136 Å². The standard InChI is InChI=1S/C14H16N2O4S2/c1-4-19-13(17)9-7-21-11(15-9)6-12-16(3)10(8-22-12)14(18)20-5-2/h6-8H,4-5H2,1-3H3/b12-6+. The molecule has 22 heavy (non-hydrogen) atoms. The van der Waals surface area contributed by atoms with Gasteiger partial charge in [0.05, 0.1) is 18.2 Å². The summed E-state index contributed by atoms with van der Waals surface area (Å²) < 4.78 is 9.90. The minimum Gasteiger partial charge on any atom is -0.461 e. The van der Waals surface area contributed by atoms with E-state index < -0.39 is 5.97 Å². The predicted octanol–water partition coefficient (Wildman–Crippen LogP) is 2.70. The van der Waals surface area contributed by atoms with Crippen LogP contribution in [0.3, 0.4) is 0 Å². The highest BCUT2D eigenvalue weighted by Crippen LogP contribution is 2.35. The molecule has 0 spiro atoms. The first-order valence-corrected chi connectivity index (χ1v) is 8.44. The maximum Gasteiger partial charge on any atom is 0.357 e. The maximum absolute atomic E-state index is 11.8. The van der Waals surface area contributed by atoms with E-state index in [0.29, 0.717) is 29.6 Å². The van der Waals surface area contributed by atoms with Crippen LogP contribution in [-0.2, 0) is 14.3 Å². The summed E-state index contributed by atoms with van der Waals surface area (Å²) in [5.41, 5.74) is 0.781. The molecule has 1 aliphatic rings. The lowest BCUT2D eigenvalue weighted by Gasteiger charge is -2.15. The van der Waals surface area contributed by atoms with E-state index in [1.165, 1.54) is 23.1 Å². The lowest BCUT2D eigenvalue weighted by molar-refractivity contribution is -0.139. The molecule has 0 radical (unpaired) electrons. The van der Waals surface area contributed by atoms with Crippen molar-refractivity contribution in [2.24, 2.45) is 0 Å². The first-order valence-electron chi connectivity index (χ1n) is 6.68. The number of aromatic nitrogens is 1. The van der Waals surface area contributed by atoms with Gasteiger partial charge in [-0.3, -0.25) is 0 Å². The van der Waals surface area contributed by atoms with Crippen LogP contribution in [-0.4, -0.2) is 42.1 Å². The molecule has 0 bridgehead atoms. The Bertz CT molecular complexity index is 637. The molecule has 6 nitrogen and oxygen atoms in total. The number of hydrogen-bond donors (Lipinski definition) is 0. The molecule has 0 atom stereocenters. The average molecular weight is 340 g/mol. The maximum atomic E-state index is 11.8. The summed E-state index contributed by atoms with van der Waals surface area (Å²) in [6.45, 7) is 4.17. The van der Waals surface area contributed by atoms with Crippen LogP contribution in [0.25, 0.3) is 6.08 Å². The third kappa shape index (κ3) is 3.69. The fraction of sp³-hybridized carbons (Fsp3) is 0.357. The van der Waals surface area contributed by atoms with Crippen LogP contribution < -0.4 is 0 Å². The average Bonchev–Trinajstić information content (AvgIpc) is 3.08. The first-order chi connectivity index (χ1) is 10.6. The summed E-state index contributed by atoms with van der Waals surface area (Å²) in [7, 11) is 1.79. The van der Waals surface area contributed by atoms with Gasteiger partial charge in [-0.05, 0) is 13.8 Å². The van der Waals surface area contributed by atoms with Crippen molar-refractivity contribution in [3.05, 3.63) is 32.2 Å². The topological polar surface area (TPSA) is 68.7 Å². The number of esters is 2. The van der Waals surface area contributed by atoms with Crippen molar-refractivity contribution in [1.29, 1.82) is 0 Å². The summed E-state index contributed by atoms with van der Waals surface area (Å²) in [6.07, 6.45) is 1.82. The number of nitrogens with zero attached hydrogens (tertiary/aromatic N) is 2. The second-order valence-electron chi connectivity index (χ2n) is 4.17. The number of thioether (sulfide) groups is 1. The molecule has 2 rings (SSSR count). The van der Waals surface area contributed by atoms with Crippen LogP contribution in [0, 0.1) is 0 Å². The van der Waals surface area contributed by atoms with Crippen molar-refractivity contribution < 1.29 is 19.1 Å². The molecule has 1 aromatic heterocycles. The molecule has 0 N–H and O–H groups in total. The van der Waals surface area contributed by atoms with Gasteiger partial charge in [0.25, 0.3) is 0 Å². The molecule has 1 aliphatic heterocycles. The second kappa shape index (κ2) is 7.46. The second-order valence-corrected chi connectivity index (χ2v) is 5.95. The van der Waals surface area contributed by atoms with E-state index in [4.69, 9.17) is 9.47 Å². The van der Waals surface area contributed by atoms with E-state index in [-0.39, 0.29) is 5.97 Å². The minimum absolute atomic E-state index is 0.294. The van der Waals surface area contributed by atoms with Crippen LogP contribution in [0.2, 0.25) is 0 Å². The lowest BCUT2D eigenvalue weighted by Crippen LogP contribution is -2.20. The zero-order valence-corrected chi connectivity index (χ0v) is 14.1. The van der Waals surface area contributed by atoms with Crippen LogP contribution in [0.4, 0.5) is 0 Å². The van der Waals surface area contributed by atoms with Gasteiger partial charge in [0, 0.05) is 23.9 Å². The number of likely N-dealkylation sites (N-methyl/N-ethyl adjacent to an activating group) is 1. The Kier molecular flexibility index (Phi) is 5.62. The molecule has 0 saturated carbocycles. The molecule has 0 amide bonds. The Balaban J connectivity index is 2.09. The monoisotopic (exact) mass is 340 g/mol. The Morgan fingerprint density at radius 1 is 1.27 bits per heavy atom. The molecule has 0 aromatic carbocycles. The van der Waals surface area contributed by atoms with Gasteiger partial charge in [0.2, 0.25) is 0 Å². The summed E-state index contributed by atoms with van der Waals surface area (Å²) in [5, 5.41) is 4.91. The van der Waals surface area contributed by atoms with E-state index in [0.717, 1.165) is 5.03 Å². The van der Waals surface area contributed by atoms with Crippen molar-refractivity contribution in [3.63, 3.8) is 0 Å². The van der Waals surface area contributed by atoms with Gasteiger partial charge in [0.1, 0.15) is 10.7 Å². The van der Waals surface area contributed by atoms with Crippen molar-refractivity contribution in [3.8, 4) is 0 Å². The van der Waals surface area contributed by atoms with Crippen molar-refractivity contribution >= 4 is 41.1 Å². The number of thiazole rings is 1. The fourth-order valence-electron chi connectivity index (χ4n) is 1.67. The largest absolute Gasteiger partial charge is 0.461 e. The SMILES string of the molecule is CCOC(=O)C1=CS/C(=C/c2nc(C(=O)OCC)cs2)N1C. The zero-order valence-electron chi connectivity index (χ0n) is 12.5. The number of rotatable bonds is 5. The van der Waals surface area contributed by atoms with E-state index in [1.807, 2.05) is 6.08 Å². The van der Waals surface area contributed by atoms with Gasteiger partial charge in [-0.25, -0.2) is 14.6 Å². The molecule has 8 heteroatoms. The molecule has 0 saturated heterocycles. The van der Waals surface area contributed by atoms with Crippen molar-refractivity contribution in [2.45, 2.75) is 13.8 Å². The molecular weight excluding hydrogens is 324 g/mol. The quantitative estimate of drug-likeness (QED) is 0.763. The molecule has 0 aliphatic carbocycles. The van der Waals surface area contributed by atoms with Gasteiger partial charge < -0.3 is 14.4 Å². The minimum atomic E-state index is -0.429. The normalized spacial score (nSPS) is 15.9. The molecule has 118 valence electrons. The van der Waals surface area contributed by atoms with Crippen molar-refractivity contribution in [2.75, 3.05) is 20.3 Å². The Hall–Kier alpha value is -1.80. The Morgan fingerprint density at radius 2 is 1.95 bits per heavy atom. The van der Waals surface area contributed by atoms with Crippen LogP contribution >= 0.6 is 23.1 Å². The van der Waals surface area contributed by atoms with E-state index >= 15 is 0 Å². The van der Waals surface area contributed by atoms with Gasteiger partial charge in [0.15, 0.2) is 5.69 Å². The first kappa shape index (κ1) is 16.6. The van der Waals surface area contributed by atoms with Gasteiger partial charge in [-0.2, -0.15) is 0 Å². The smallest absolute Gasteiger partial charge is 0.357 e. The lowest BCUT2D eigenvalue weighted by atomic mass is 10.4. The van der Waals surface area contributed by atoms with Gasteiger partial charge >= 0.3 is 11.9 Å². The summed E-state index contributed by atoms with van der Waals surface area (Å²) in [4.78, 5) is 29.3. The van der Waals surface area contributed by atoms with Crippen LogP contribution in [0.5, 0.6) is 0 Å². The summed E-state index contributed by atoms with van der Waals surface area (Å²) in [6, 6.07) is 0. The van der Waals surface area contributed by atoms with Crippen LogP contribution in [0.15, 0.2) is 21.5 Å². The number of ether oxygens (including phenoxy) is 2.